The lowest BCUT2D eigenvalue weighted by atomic mass is 9.92. The zero-order valence-corrected chi connectivity index (χ0v) is 6.78. The molecule has 0 radical (unpaired) electrons. The van der Waals surface area contributed by atoms with Crippen molar-refractivity contribution >= 4 is 0 Å². The van der Waals surface area contributed by atoms with Gasteiger partial charge in [0.2, 0.25) is 0 Å². The quantitative estimate of drug-likeness (QED) is 0.507. The lowest BCUT2D eigenvalue weighted by molar-refractivity contribution is 0.363. The Hall–Kier alpha value is -0.0800. The van der Waals surface area contributed by atoms with E-state index in [9.17, 15) is 0 Å². The minimum absolute atomic E-state index is 0.334. The molecule has 0 spiro atoms. The van der Waals surface area contributed by atoms with Crippen LogP contribution in [0, 0.1) is 5.92 Å². The van der Waals surface area contributed by atoms with Gasteiger partial charge in [0, 0.05) is 18.1 Å². The first-order valence-corrected chi connectivity index (χ1v) is 4.18. The first-order valence-electron chi connectivity index (χ1n) is 4.18. The molecule has 2 saturated heterocycles. The highest BCUT2D eigenvalue weighted by Gasteiger charge is 2.43. The number of fused-ring (bicyclic) bond motifs is 1. The fourth-order valence-corrected chi connectivity index (χ4v) is 2.33. The van der Waals surface area contributed by atoms with Crippen molar-refractivity contribution in [3.63, 3.8) is 0 Å². The smallest absolute Gasteiger partial charge is 0.0285 e. The predicted molar refractivity (Wildman–Crippen MR) is 42.0 cm³/mol. The van der Waals surface area contributed by atoms with Gasteiger partial charge in [0.05, 0.1) is 0 Å². The molecule has 2 heteroatoms. The van der Waals surface area contributed by atoms with Crippen LogP contribution in [0.4, 0.5) is 0 Å². The maximum absolute atomic E-state index is 3.55. The number of nitrogens with one attached hydrogen (secondary N) is 2. The normalized spacial score (nSPS) is 43.8. The van der Waals surface area contributed by atoms with Crippen molar-refractivity contribution in [2.45, 2.75) is 31.8 Å². The van der Waals surface area contributed by atoms with Gasteiger partial charge >= 0.3 is 0 Å². The van der Waals surface area contributed by atoms with Crippen molar-refractivity contribution < 1.29 is 0 Å². The summed E-state index contributed by atoms with van der Waals surface area (Å²) in [5.41, 5.74) is 0.334. The Morgan fingerprint density at radius 1 is 1.40 bits per heavy atom. The SMILES string of the molecule is CC1(C)NCC2CCNC21. The lowest BCUT2D eigenvalue weighted by Crippen LogP contribution is -2.47. The van der Waals surface area contributed by atoms with E-state index >= 15 is 0 Å². The highest BCUT2D eigenvalue weighted by atomic mass is 15.1. The van der Waals surface area contributed by atoms with E-state index in [0.717, 1.165) is 12.0 Å². The van der Waals surface area contributed by atoms with Crippen molar-refractivity contribution in [3.05, 3.63) is 0 Å². The predicted octanol–water partition coefficient (Wildman–Crippen LogP) is 0.346. The van der Waals surface area contributed by atoms with E-state index in [1.807, 2.05) is 0 Å². The zero-order chi connectivity index (χ0) is 7.19. The maximum Gasteiger partial charge on any atom is 0.0285 e. The van der Waals surface area contributed by atoms with Gasteiger partial charge in [-0.15, -0.1) is 0 Å². The van der Waals surface area contributed by atoms with E-state index in [0.29, 0.717) is 5.54 Å². The van der Waals surface area contributed by atoms with Gasteiger partial charge in [-0.2, -0.15) is 0 Å². The number of hydrogen-bond donors (Lipinski definition) is 2. The first kappa shape index (κ1) is 6.62. The van der Waals surface area contributed by atoms with Crippen molar-refractivity contribution in [1.29, 1.82) is 0 Å². The van der Waals surface area contributed by atoms with Crippen LogP contribution in [0.25, 0.3) is 0 Å². The van der Waals surface area contributed by atoms with Gasteiger partial charge < -0.3 is 10.6 Å². The molecular formula is C8H16N2. The highest BCUT2D eigenvalue weighted by molar-refractivity contribution is 5.05. The lowest BCUT2D eigenvalue weighted by Gasteiger charge is -2.26. The monoisotopic (exact) mass is 140 g/mol. The van der Waals surface area contributed by atoms with E-state index in [4.69, 9.17) is 0 Å². The molecule has 2 fully saturated rings. The van der Waals surface area contributed by atoms with Crippen LogP contribution >= 0.6 is 0 Å². The Morgan fingerprint density at radius 3 is 2.90 bits per heavy atom. The van der Waals surface area contributed by atoms with Gasteiger partial charge in [0.15, 0.2) is 0 Å². The third-order valence-corrected chi connectivity index (χ3v) is 2.95. The molecule has 2 nitrogen and oxygen atoms in total. The molecule has 10 heavy (non-hydrogen) atoms. The molecular weight excluding hydrogens is 124 g/mol. The third kappa shape index (κ3) is 0.789. The summed E-state index contributed by atoms with van der Waals surface area (Å²) in [6.07, 6.45) is 1.36. The zero-order valence-electron chi connectivity index (χ0n) is 6.78. The van der Waals surface area contributed by atoms with Gasteiger partial charge in [-0.3, -0.25) is 0 Å². The van der Waals surface area contributed by atoms with E-state index in [1.54, 1.807) is 0 Å². The molecule has 2 atom stereocenters. The second-order valence-electron chi connectivity index (χ2n) is 4.08. The van der Waals surface area contributed by atoms with Crippen LogP contribution in [0.1, 0.15) is 20.3 Å². The molecule has 0 saturated carbocycles. The molecule has 2 aliphatic rings. The first-order chi connectivity index (χ1) is 4.70. The molecule has 2 heterocycles. The summed E-state index contributed by atoms with van der Waals surface area (Å²) in [6.45, 7) is 7.01. The topological polar surface area (TPSA) is 24.1 Å². The van der Waals surface area contributed by atoms with Gasteiger partial charge in [-0.25, -0.2) is 0 Å². The highest BCUT2D eigenvalue weighted by Crippen LogP contribution is 2.29. The summed E-state index contributed by atoms with van der Waals surface area (Å²) in [7, 11) is 0. The van der Waals surface area contributed by atoms with Crippen LogP contribution in [-0.2, 0) is 0 Å². The molecule has 0 bridgehead atoms. The van der Waals surface area contributed by atoms with Crippen LogP contribution in [0.3, 0.4) is 0 Å². The molecule has 0 aromatic rings. The number of hydrogen-bond acceptors (Lipinski definition) is 2. The molecule has 2 N–H and O–H groups in total. The van der Waals surface area contributed by atoms with E-state index < -0.39 is 0 Å². The molecule has 0 aromatic heterocycles. The average Bonchev–Trinajstić information content (AvgIpc) is 2.36. The summed E-state index contributed by atoms with van der Waals surface area (Å²) >= 11 is 0. The summed E-state index contributed by atoms with van der Waals surface area (Å²) in [4.78, 5) is 0. The van der Waals surface area contributed by atoms with Crippen LogP contribution in [0.15, 0.2) is 0 Å². The fraction of sp³-hybridized carbons (Fsp3) is 1.00. The van der Waals surface area contributed by atoms with Crippen molar-refractivity contribution in [2.75, 3.05) is 13.1 Å². The van der Waals surface area contributed by atoms with Crippen LogP contribution in [-0.4, -0.2) is 24.7 Å². The average molecular weight is 140 g/mol. The summed E-state index contributed by atoms with van der Waals surface area (Å²) in [6, 6.07) is 0.729. The Bertz CT molecular complexity index is 142. The molecule has 0 amide bonds. The van der Waals surface area contributed by atoms with Crippen LogP contribution < -0.4 is 10.6 Å². The van der Waals surface area contributed by atoms with Gasteiger partial charge in [0.1, 0.15) is 0 Å². The Balaban J connectivity index is 2.16. The molecule has 0 aromatic carbocycles. The summed E-state index contributed by atoms with van der Waals surface area (Å²) < 4.78 is 0. The standard InChI is InChI=1S/C8H16N2/c1-8(2)7-6(5-10-8)3-4-9-7/h6-7,9-10H,3-5H2,1-2H3. The van der Waals surface area contributed by atoms with Crippen molar-refractivity contribution in [1.82, 2.24) is 10.6 Å². The molecule has 58 valence electrons. The van der Waals surface area contributed by atoms with Gasteiger partial charge in [0.25, 0.3) is 0 Å². The van der Waals surface area contributed by atoms with E-state index in [1.165, 1.54) is 19.5 Å². The van der Waals surface area contributed by atoms with E-state index in [-0.39, 0.29) is 0 Å². The minimum Gasteiger partial charge on any atom is -0.312 e. The minimum atomic E-state index is 0.334. The van der Waals surface area contributed by atoms with Crippen LogP contribution in [0.2, 0.25) is 0 Å². The number of rotatable bonds is 0. The van der Waals surface area contributed by atoms with Crippen molar-refractivity contribution in [2.24, 2.45) is 5.92 Å². The molecule has 2 rings (SSSR count). The maximum atomic E-state index is 3.55. The van der Waals surface area contributed by atoms with Gasteiger partial charge in [-0.1, -0.05) is 0 Å². The molecule has 0 aliphatic carbocycles. The van der Waals surface area contributed by atoms with E-state index in [2.05, 4.69) is 24.5 Å². The summed E-state index contributed by atoms with van der Waals surface area (Å²) in [5, 5.41) is 7.08. The largest absolute Gasteiger partial charge is 0.312 e. The molecule has 2 unspecified atom stereocenters. The Labute approximate surface area is 62.4 Å². The molecule has 2 aliphatic heterocycles. The Kier molecular flexibility index (Phi) is 1.29. The van der Waals surface area contributed by atoms with Crippen LogP contribution in [0.5, 0.6) is 0 Å². The fourth-order valence-electron chi connectivity index (χ4n) is 2.33. The van der Waals surface area contributed by atoms with Crippen molar-refractivity contribution in [3.8, 4) is 0 Å². The second kappa shape index (κ2) is 1.95. The summed E-state index contributed by atoms with van der Waals surface area (Å²) in [5.74, 6) is 0.898. The second-order valence-corrected chi connectivity index (χ2v) is 4.08. The Morgan fingerprint density at radius 2 is 2.20 bits per heavy atom. The third-order valence-electron chi connectivity index (χ3n) is 2.95. The van der Waals surface area contributed by atoms with Gasteiger partial charge in [-0.05, 0) is 32.7 Å².